The summed E-state index contributed by atoms with van der Waals surface area (Å²) in [4.78, 5) is 50.7. The number of hydrogen-bond donors (Lipinski definition) is 4. The SMILES string of the molecule is CC(=O)c1cc2c(cc1O)OC1=C(C)c3oc4cc(O)c(C(C)=O)cc4c3CC(c3cc4cc(C(C)=O)c(O)cc4o3)(c3cc4cc(C(C)=O)c(O)cc4o3)C12. The zero-order valence-corrected chi connectivity index (χ0v) is 30.6. The van der Waals surface area contributed by atoms with Crippen molar-refractivity contribution in [3.63, 3.8) is 0 Å². The van der Waals surface area contributed by atoms with Crippen molar-refractivity contribution >= 4 is 61.6 Å². The number of aromatic hydroxyl groups is 4. The molecule has 56 heavy (non-hydrogen) atoms. The Morgan fingerprint density at radius 2 is 1.05 bits per heavy atom. The molecule has 0 saturated heterocycles. The van der Waals surface area contributed by atoms with Crippen LogP contribution in [0.1, 0.15) is 110 Å². The molecule has 1 atom stereocenters. The minimum Gasteiger partial charge on any atom is -0.507 e. The molecule has 12 nitrogen and oxygen atoms in total. The molecule has 4 heterocycles. The van der Waals surface area contributed by atoms with Crippen molar-refractivity contribution in [2.24, 2.45) is 0 Å². The highest BCUT2D eigenvalue weighted by Crippen LogP contribution is 2.62. The lowest BCUT2D eigenvalue weighted by Gasteiger charge is -2.35. The van der Waals surface area contributed by atoms with Gasteiger partial charge in [-0.3, -0.25) is 19.2 Å². The lowest BCUT2D eigenvalue weighted by molar-refractivity contribution is 0.100. The summed E-state index contributed by atoms with van der Waals surface area (Å²) in [5.41, 5.74) is 1.06. The molecule has 7 aromatic rings. The minimum atomic E-state index is -1.51. The Labute approximate surface area is 316 Å². The molecule has 3 aromatic heterocycles. The number of phenolic OH excluding ortho intramolecular Hbond substituents is 4. The third-order valence-electron chi connectivity index (χ3n) is 11.2. The summed E-state index contributed by atoms with van der Waals surface area (Å²) >= 11 is 0. The van der Waals surface area contributed by atoms with E-state index in [1.807, 2.05) is 0 Å². The Balaban J connectivity index is 1.46. The second-order valence-corrected chi connectivity index (χ2v) is 14.6. The molecular formula is C44H32O12. The van der Waals surface area contributed by atoms with Crippen LogP contribution in [0.4, 0.5) is 0 Å². The van der Waals surface area contributed by atoms with Gasteiger partial charge in [-0.05, 0) is 77.4 Å². The molecule has 0 radical (unpaired) electrons. The van der Waals surface area contributed by atoms with Gasteiger partial charge < -0.3 is 38.4 Å². The molecule has 0 saturated carbocycles. The van der Waals surface area contributed by atoms with Crippen LogP contribution < -0.4 is 4.74 Å². The van der Waals surface area contributed by atoms with Gasteiger partial charge in [0.2, 0.25) is 0 Å². The van der Waals surface area contributed by atoms with E-state index in [1.54, 1.807) is 31.2 Å². The van der Waals surface area contributed by atoms with Gasteiger partial charge in [-0.2, -0.15) is 0 Å². The number of furan rings is 3. The van der Waals surface area contributed by atoms with Crippen LogP contribution in [-0.2, 0) is 11.8 Å². The molecule has 0 fully saturated rings. The van der Waals surface area contributed by atoms with Crippen LogP contribution >= 0.6 is 0 Å². The molecule has 4 aromatic carbocycles. The Kier molecular flexibility index (Phi) is 7.25. The zero-order valence-electron chi connectivity index (χ0n) is 30.6. The molecular weight excluding hydrogens is 720 g/mol. The Bertz CT molecular complexity index is 2900. The van der Waals surface area contributed by atoms with Gasteiger partial charge in [-0.15, -0.1) is 0 Å². The van der Waals surface area contributed by atoms with E-state index in [-0.39, 0.29) is 103 Å². The Hall–Kier alpha value is -7.08. The van der Waals surface area contributed by atoms with Crippen LogP contribution in [0.15, 0.2) is 79.7 Å². The molecule has 1 unspecified atom stereocenters. The number of fused-ring (bicyclic) bond motifs is 8. The summed E-state index contributed by atoms with van der Waals surface area (Å²) in [6, 6.07) is 15.1. The van der Waals surface area contributed by atoms with Gasteiger partial charge in [0.15, 0.2) is 23.1 Å². The lowest BCUT2D eigenvalue weighted by Crippen LogP contribution is -2.36. The third kappa shape index (κ3) is 4.78. The van der Waals surface area contributed by atoms with Crippen molar-refractivity contribution in [3.05, 3.63) is 117 Å². The van der Waals surface area contributed by atoms with Gasteiger partial charge in [0, 0.05) is 57.1 Å². The fraction of sp³-hybridized carbons (Fsp3) is 0.182. The number of rotatable bonds is 6. The highest BCUT2D eigenvalue weighted by molar-refractivity contribution is 6.04. The standard InChI is InChI=1S/C44H32O12/c1-17-42-30(28-10-26(20(4)47)33(51)14-37(28)55-42)16-44(39-8-22-6-24(18(2)45)31(49)12-35(22)53-39,40-9-23-7-25(19(3)46)32(50)13-36(23)54-40)41-29-11-27(21(5)48)34(52)15-38(29)56-43(17)41/h6-15,41,49-52H,16H2,1-5H3. The number of ether oxygens (including phenoxy) is 1. The molecule has 0 spiro atoms. The maximum absolute atomic E-state index is 12.9. The van der Waals surface area contributed by atoms with Gasteiger partial charge in [-0.1, -0.05) is 0 Å². The number of allylic oxidation sites excluding steroid dienone is 2. The maximum atomic E-state index is 12.9. The van der Waals surface area contributed by atoms with Crippen LogP contribution in [0.25, 0.3) is 38.5 Å². The Morgan fingerprint density at radius 3 is 1.57 bits per heavy atom. The van der Waals surface area contributed by atoms with Gasteiger partial charge in [0.25, 0.3) is 0 Å². The van der Waals surface area contributed by atoms with Gasteiger partial charge >= 0.3 is 0 Å². The Morgan fingerprint density at radius 1 is 0.589 bits per heavy atom. The average Bonchev–Trinajstić information content (AvgIpc) is 3.90. The van der Waals surface area contributed by atoms with Crippen molar-refractivity contribution in [3.8, 4) is 28.7 Å². The number of carbonyl (C=O) groups is 4. The number of ketones is 4. The predicted molar refractivity (Wildman–Crippen MR) is 202 cm³/mol. The zero-order chi connectivity index (χ0) is 39.7. The highest BCUT2D eigenvalue weighted by atomic mass is 16.5. The van der Waals surface area contributed by atoms with E-state index in [4.69, 9.17) is 18.0 Å². The van der Waals surface area contributed by atoms with E-state index in [2.05, 4.69) is 0 Å². The summed E-state index contributed by atoms with van der Waals surface area (Å²) in [7, 11) is 0. The van der Waals surface area contributed by atoms with Gasteiger partial charge in [-0.25, -0.2) is 0 Å². The monoisotopic (exact) mass is 752 g/mol. The molecule has 0 amide bonds. The van der Waals surface area contributed by atoms with Crippen molar-refractivity contribution in [2.75, 3.05) is 0 Å². The fourth-order valence-corrected chi connectivity index (χ4v) is 8.46. The first-order chi connectivity index (χ1) is 26.6. The summed E-state index contributed by atoms with van der Waals surface area (Å²) in [5, 5.41) is 45.0. The molecule has 280 valence electrons. The molecule has 0 bridgehead atoms. The second kappa shape index (κ2) is 11.7. The van der Waals surface area contributed by atoms with E-state index in [9.17, 15) is 39.6 Å². The molecule has 1 aliphatic carbocycles. The van der Waals surface area contributed by atoms with Gasteiger partial charge in [0.05, 0.1) is 28.2 Å². The van der Waals surface area contributed by atoms with Gasteiger partial charge in [0.1, 0.15) is 74.0 Å². The summed E-state index contributed by atoms with van der Waals surface area (Å²) < 4.78 is 26.5. The summed E-state index contributed by atoms with van der Waals surface area (Å²) in [5.74, 6) is -2.07. The normalized spacial score (nSPS) is 15.8. The fourth-order valence-electron chi connectivity index (χ4n) is 8.46. The van der Waals surface area contributed by atoms with Crippen molar-refractivity contribution in [2.45, 2.75) is 52.4 Å². The van der Waals surface area contributed by atoms with E-state index in [0.717, 1.165) is 0 Å². The second-order valence-electron chi connectivity index (χ2n) is 14.6. The topological polar surface area (TPSA) is 198 Å². The molecule has 12 heteroatoms. The summed E-state index contributed by atoms with van der Waals surface area (Å²) in [6.45, 7) is 7.13. The first-order valence-corrected chi connectivity index (χ1v) is 17.7. The largest absolute Gasteiger partial charge is 0.507 e. The van der Waals surface area contributed by atoms with E-state index in [0.29, 0.717) is 44.4 Å². The van der Waals surface area contributed by atoms with Crippen LogP contribution in [-0.4, -0.2) is 43.6 Å². The quantitative estimate of drug-likeness (QED) is 0.118. The van der Waals surface area contributed by atoms with E-state index >= 15 is 0 Å². The van der Waals surface area contributed by atoms with E-state index < -0.39 is 17.1 Å². The summed E-state index contributed by atoms with van der Waals surface area (Å²) in [6.07, 6.45) is -0.00121. The maximum Gasteiger partial charge on any atom is 0.163 e. The first kappa shape index (κ1) is 34.7. The smallest absolute Gasteiger partial charge is 0.163 e. The number of benzene rings is 4. The van der Waals surface area contributed by atoms with Crippen LogP contribution in [0.2, 0.25) is 0 Å². The molecule has 2 aliphatic rings. The van der Waals surface area contributed by atoms with Crippen molar-refractivity contribution in [1.29, 1.82) is 0 Å². The molecule has 1 aliphatic heterocycles. The molecule has 9 rings (SSSR count). The van der Waals surface area contributed by atoms with Crippen molar-refractivity contribution < 1.29 is 57.6 Å². The minimum absolute atomic E-state index is 0.00121. The first-order valence-electron chi connectivity index (χ1n) is 17.7. The highest BCUT2D eigenvalue weighted by Gasteiger charge is 2.57. The number of carbonyl (C=O) groups excluding carboxylic acids is 4. The lowest BCUT2D eigenvalue weighted by atomic mass is 9.65. The predicted octanol–water partition coefficient (Wildman–Crippen LogP) is 9.01. The van der Waals surface area contributed by atoms with Crippen LogP contribution in [0, 0.1) is 0 Å². The van der Waals surface area contributed by atoms with Crippen LogP contribution in [0.3, 0.4) is 0 Å². The number of Topliss-reactive ketones (excluding diaryl/α,β-unsaturated/α-hetero) is 4. The van der Waals surface area contributed by atoms with E-state index in [1.165, 1.54) is 64.1 Å². The average molecular weight is 753 g/mol. The molecule has 4 N–H and O–H groups in total. The van der Waals surface area contributed by atoms with Crippen molar-refractivity contribution in [1.82, 2.24) is 0 Å². The number of phenols is 4. The third-order valence-corrected chi connectivity index (χ3v) is 11.2. The van der Waals surface area contributed by atoms with Crippen LogP contribution in [0.5, 0.6) is 28.7 Å². The number of hydrogen-bond acceptors (Lipinski definition) is 12.